The summed E-state index contributed by atoms with van der Waals surface area (Å²) in [6, 6.07) is 5.73. The predicted molar refractivity (Wildman–Crippen MR) is 103 cm³/mol. The van der Waals surface area contributed by atoms with Gasteiger partial charge in [0.15, 0.2) is 5.82 Å². The Morgan fingerprint density at radius 3 is 3.15 bits per heavy atom. The maximum atomic E-state index is 12.4. The number of nitrogens with one attached hydrogen (secondary N) is 2. The van der Waals surface area contributed by atoms with E-state index in [2.05, 4.69) is 36.4 Å². The monoisotopic (exact) mass is 433 g/mol. The molecule has 9 heteroatoms. The Balaban J connectivity index is 1.42. The van der Waals surface area contributed by atoms with Gasteiger partial charge in [0, 0.05) is 47.4 Å². The fourth-order valence-corrected chi connectivity index (χ4v) is 4.07. The van der Waals surface area contributed by atoms with E-state index >= 15 is 0 Å². The molecule has 2 N–H and O–H groups in total. The van der Waals surface area contributed by atoms with Crippen molar-refractivity contribution >= 4 is 55.8 Å². The number of aromatic amines is 1. The number of fused-ring (bicyclic) bond motifs is 1. The second-order valence-electron chi connectivity index (χ2n) is 6.11. The first-order chi connectivity index (χ1) is 12.6. The first kappa shape index (κ1) is 17.2. The number of H-pyrrole nitrogens is 1. The minimum absolute atomic E-state index is 0.0820. The summed E-state index contributed by atoms with van der Waals surface area (Å²) in [6.07, 6.45) is 2.66. The number of thiazole rings is 1. The molecule has 2 amide bonds. The van der Waals surface area contributed by atoms with Crippen molar-refractivity contribution in [2.24, 2.45) is 5.92 Å². The van der Waals surface area contributed by atoms with Gasteiger partial charge in [-0.05, 0) is 18.2 Å². The van der Waals surface area contributed by atoms with Crippen LogP contribution < -0.4 is 10.2 Å². The molecule has 0 bridgehead atoms. The molecule has 1 aliphatic heterocycles. The van der Waals surface area contributed by atoms with Crippen LogP contribution in [0.1, 0.15) is 11.4 Å². The fraction of sp³-hybridized carbons (Fsp3) is 0.294. The molecule has 1 fully saturated rings. The van der Waals surface area contributed by atoms with Crippen LogP contribution in [0.3, 0.4) is 0 Å². The highest BCUT2D eigenvalue weighted by Crippen LogP contribution is 2.31. The van der Waals surface area contributed by atoms with Gasteiger partial charge in [0.2, 0.25) is 11.8 Å². The zero-order chi connectivity index (χ0) is 18.1. The normalized spacial score (nSPS) is 17.2. The van der Waals surface area contributed by atoms with E-state index in [9.17, 15) is 9.59 Å². The van der Waals surface area contributed by atoms with Crippen molar-refractivity contribution in [3.63, 3.8) is 0 Å². The average molecular weight is 434 g/mol. The third kappa shape index (κ3) is 3.36. The van der Waals surface area contributed by atoms with Crippen LogP contribution in [0.25, 0.3) is 10.9 Å². The molecule has 1 aromatic carbocycles. The number of halogens is 1. The van der Waals surface area contributed by atoms with Crippen LogP contribution in [-0.4, -0.2) is 40.1 Å². The summed E-state index contributed by atoms with van der Waals surface area (Å²) in [7, 11) is 0. The summed E-state index contributed by atoms with van der Waals surface area (Å²) in [5.41, 5.74) is 0.846. The van der Waals surface area contributed by atoms with E-state index in [1.165, 1.54) is 0 Å². The van der Waals surface area contributed by atoms with E-state index in [0.717, 1.165) is 20.4 Å². The zero-order valence-electron chi connectivity index (χ0n) is 13.7. The Kier molecular flexibility index (Phi) is 4.73. The molecule has 1 saturated heterocycles. The van der Waals surface area contributed by atoms with Gasteiger partial charge in [0.25, 0.3) is 0 Å². The van der Waals surface area contributed by atoms with Gasteiger partial charge in [-0.2, -0.15) is 5.10 Å². The summed E-state index contributed by atoms with van der Waals surface area (Å²) in [6.45, 7) is 0.869. The van der Waals surface area contributed by atoms with Gasteiger partial charge in [-0.1, -0.05) is 15.9 Å². The zero-order valence-corrected chi connectivity index (χ0v) is 16.1. The second-order valence-corrected chi connectivity index (χ2v) is 8.00. The summed E-state index contributed by atoms with van der Waals surface area (Å²) >= 11 is 4.99. The van der Waals surface area contributed by atoms with Crippen molar-refractivity contribution in [1.82, 2.24) is 20.5 Å². The molecular formula is C17H16BrN5O2S. The number of hydrogen-bond donors (Lipinski definition) is 2. The lowest BCUT2D eigenvalue weighted by Gasteiger charge is -2.14. The van der Waals surface area contributed by atoms with Crippen LogP contribution in [0.15, 0.2) is 34.2 Å². The summed E-state index contributed by atoms with van der Waals surface area (Å²) in [4.78, 5) is 30.6. The van der Waals surface area contributed by atoms with Gasteiger partial charge in [0.1, 0.15) is 0 Å². The SMILES string of the molecule is O=C(NCCc1nccs1)[C@@H]1CC(=O)N(c2n[nH]c3cc(Br)ccc23)C1. The lowest BCUT2D eigenvalue weighted by molar-refractivity contribution is -0.126. The molecule has 134 valence electrons. The van der Waals surface area contributed by atoms with Crippen LogP contribution in [0.5, 0.6) is 0 Å². The van der Waals surface area contributed by atoms with Crippen molar-refractivity contribution in [2.45, 2.75) is 12.8 Å². The Morgan fingerprint density at radius 2 is 2.35 bits per heavy atom. The van der Waals surface area contributed by atoms with Crippen LogP contribution in [0.2, 0.25) is 0 Å². The van der Waals surface area contributed by atoms with E-state index in [1.807, 2.05) is 23.6 Å². The van der Waals surface area contributed by atoms with Crippen molar-refractivity contribution in [1.29, 1.82) is 0 Å². The average Bonchev–Trinajstić information content (AvgIpc) is 3.34. The van der Waals surface area contributed by atoms with Crippen molar-refractivity contribution in [3.8, 4) is 0 Å². The molecule has 3 heterocycles. The second kappa shape index (κ2) is 7.16. The highest BCUT2D eigenvalue weighted by Gasteiger charge is 2.36. The minimum Gasteiger partial charge on any atom is -0.355 e. The molecular weight excluding hydrogens is 418 g/mol. The Labute approximate surface area is 161 Å². The molecule has 7 nitrogen and oxygen atoms in total. The number of aromatic nitrogens is 3. The van der Waals surface area contributed by atoms with Gasteiger partial charge in [-0.15, -0.1) is 11.3 Å². The molecule has 0 saturated carbocycles. The predicted octanol–water partition coefficient (Wildman–Crippen LogP) is 2.49. The van der Waals surface area contributed by atoms with Crippen LogP contribution in [0, 0.1) is 5.92 Å². The van der Waals surface area contributed by atoms with E-state index in [-0.39, 0.29) is 24.2 Å². The number of carbonyl (C=O) groups is 2. The quantitative estimate of drug-likeness (QED) is 0.646. The summed E-state index contributed by atoms with van der Waals surface area (Å²) in [5.74, 6) is 0.0398. The molecule has 0 aliphatic carbocycles. The first-order valence-electron chi connectivity index (χ1n) is 8.22. The third-order valence-corrected chi connectivity index (χ3v) is 5.71. The van der Waals surface area contributed by atoms with E-state index in [1.54, 1.807) is 22.4 Å². The molecule has 2 aromatic heterocycles. The summed E-state index contributed by atoms with van der Waals surface area (Å²) in [5, 5.41) is 13.9. The minimum atomic E-state index is -0.360. The number of benzene rings is 1. The van der Waals surface area contributed by atoms with E-state index < -0.39 is 0 Å². The number of anilines is 1. The largest absolute Gasteiger partial charge is 0.355 e. The van der Waals surface area contributed by atoms with Crippen LogP contribution >= 0.6 is 27.3 Å². The smallest absolute Gasteiger partial charge is 0.229 e. The van der Waals surface area contributed by atoms with Gasteiger partial charge < -0.3 is 5.32 Å². The molecule has 1 atom stereocenters. The Hall–Kier alpha value is -2.26. The molecule has 0 spiro atoms. The number of rotatable bonds is 5. The maximum Gasteiger partial charge on any atom is 0.229 e. The number of carbonyl (C=O) groups excluding carboxylic acids is 2. The Bertz CT molecular complexity index is 955. The number of hydrogen-bond acceptors (Lipinski definition) is 5. The molecule has 0 radical (unpaired) electrons. The standard InChI is InChI=1S/C17H16BrN5O2S/c18-11-1-2-12-13(8-11)21-22-16(12)23-9-10(7-15(23)24)17(25)20-4-3-14-19-5-6-26-14/h1-2,5-6,8,10H,3-4,7,9H2,(H,20,25)(H,21,22)/t10-/m1/s1. The molecule has 4 rings (SSSR count). The molecule has 1 aliphatic rings. The lowest BCUT2D eigenvalue weighted by Crippen LogP contribution is -2.34. The van der Waals surface area contributed by atoms with Gasteiger partial charge >= 0.3 is 0 Å². The van der Waals surface area contributed by atoms with Crippen molar-refractivity contribution in [3.05, 3.63) is 39.3 Å². The van der Waals surface area contributed by atoms with Gasteiger partial charge in [0.05, 0.1) is 16.4 Å². The highest BCUT2D eigenvalue weighted by molar-refractivity contribution is 9.10. The maximum absolute atomic E-state index is 12.4. The van der Waals surface area contributed by atoms with Crippen molar-refractivity contribution in [2.75, 3.05) is 18.0 Å². The van der Waals surface area contributed by atoms with E-state index in [4.69, 9.17) is 0 Å². The number of nitrogens with zero attached hydrogens (tertiary/aromatic N) is 3. The highest BCUT2D eigenvalue weighted by atomic mass is 79.9. The van der Waals surface area contributed by atoms with Crippen LogP contribution in [0.4, 0.5) is 5.82 Å². The first-order valence-corrected chi connectivity index (χ1v) is 9.89. The molecule has 3 aromatic rings. The Morgan fingerprint density at radius 1 is 1.46 bits per heavy atom. The lowest BCUT2D eigenvalue weighted by atomic mass is 10.1. The van der Waals surface area contributed by atoms with Gasteiger partial charge in [-0.3, -0.25) is 19.6 Å². The third-order valence-electron chi connectivity index (χ3n) is 4.38. The fourth-order valence-electron chi connectivity index (χ4n) is 3.08. The van der Waals surface area contributed by atoms with Crippen molar-refractivity contribution < 1.29 is 9.59 Å². The molecule has 26 heavy (non-hydrogen) atoms. The topological polar surface area (TPSA) is 91.0 Å². The molecule has 0 unspecified atom stereocenters. The van der Waals surface area contributed by atoms with Gasteiger partial charge in [-0.25, -0.2) is 4.98 Å². The summed E-state index contributed by atoms with van der Waals surface area (Å²) < 4.78 is 0.936. The van der Waals surface area contributed by atoms with Crippen LogP contribution in [-0.2, 0) is 16.0 Å². The van der Waals surface area contributed by atoms with E-state index in [0.29, 0.717) is 25.3 Å². The number of amides is 2.